The second-order valence-electron chi connectivity index (χ2n) is 9.32. The molecule has 9 heteroatoms. The number of thioether (sulfide) groups is 1. The molecule has 0 bridgehead atoms. The van der Waals surface area contributed by atoms with Crippen LogP contribution in [0.3, 0.4) is 0 Å². The van der Waals surface area contributed by atoms with Crippen LogP contribution in [0.25, 0.3) is 17.0 Å². The van der Waals surface area contributed by atoms with Gasteiger partial charge >= 0.3 is 0 Å². The van der Waals surface area contributed by atoms with Gasteiger partial charge in [0, 0.05) is 38.0 Å². The molecule has 2 amide bonds. The third-order valence-corrected chi connectivity index (χ3v) is 7.98. The summed E-state index contributed by atoms with van der Waals surface area (Å²) in [6.07, 6.45) is 3.84. The van der Waals surface area contributed by atoms with E-state index < -0.39 is 0 Å². The molecular weight excluding hydrogens is 468 g/mol. The number of carbonyl (C=O) groups excluding carboxylic acids is 2. The van der Waals surface area contributed by atoms with Gasteiger partial charge in [-0.2, -0.15) is 0 Å². The first-order chi connectivity index (χ1) is 16.2. The van der Waals surface area contributed by atoms with E-state index in [9.17, 15) is 14.4 Å². The van der Waals surface area contributed by atoms with Gasteiger partial charge in [-0.15, -0.1) is 0 Å². The van der Waals surface area contributed by atoms with Crippen LogP contribution in [0.5, 0.6) is 0 Å². The SMILES string of the molecule is CC(C)CCN1C(=O)C(=Cc2c(N3CCC(C(N)=O)CC3)c3ccccc3n(C)c2=O)SC1=S. The van der Waals surface area contributed by atoms with Gasteiger partial charge in [0.25, 0.3) is 11.5 Å². The van der Waals surface area contributed by atoms with Gasteiger partial charge in [0.15, 0.2) is 0 Å². The average Bonchev–Trinajstić information content (AvgIpc) is 3.08. The second kappa shape index (κ2) is 9.92. The molecule has 2 fully saturated rings. The van der Waals surface area contributed by atoms with E-state index >= 15 is 0 Å². The molecule has 1 aromatic heterocycles. The quantitative estimate of drug-likeness (QED) is 0.485. The maximum absolute atomic E-state index is 13.5. The van der Waals surface area contributed by atoms with Gasteiger partial charge in [0.2, 0.25) is 5.91 Å². The first-order valence-corrected chi connectivity index (χ1v) is 12.8. The van der Waals surface area contributed by atoms with Gasteiger partial charge in [-0.25, -0.2) is 0 Å². The van der Waals surface area contributed by atoms with Crippen LogP contribution in [-0.4, -0.2) is 45.2 Å². The van der Waals surface area contributed by atoms with Crippen molar-refractivity contribution in [3.05, 3.63) is 45.1 Å². The number of anilines is 1. The summed E-state index contributed by atoms with van der Waals surface area (Å²) in [4.78, 5) is 42.6. The lowest BCUT2D eigenvalue weighted by molar-refractivity contribution is -0.123. The summed E-state index contributed by atoms with van der Waals surface area (Å²) in [5.41, 5.74) is 7.46. The number of pyridine rings is 1. The highest BCUT2D eigenvalue weighted by Gasteiger charge is 2.33. The van der Waals surface area contributed by atoms with Crippen LogP contribution < -0.4 is 16.2 Å². The predicted octanol–water partition coefficient (Wildman–Crippen LogP) is 3.49. The minimum atomic E-state index is -0.279. The predicted molar refractivity (Wildman–Crippen MR) is 143 cm³/mol. The van der Waals surface area contributed by atoms with Crippen molar-refractivity contribution in [2.24, 2.45) is 24.6 Å². The monoisotopic (exact) mass is 498 g/mol. The Kier molecular flexibility index (Phi) is 7.14. The number of fused-ring (bicyclic) bond motifs is 1. The summed E-state index contributed by atoms with van der Waals surface area (Å²) < 4.78 is 2.15. The Labute approximate surface area is 209 Å². The van der Waals surface area contributed by atoms with E-state index in [-0.39, 0.29) is 23.3 Å². The van der Waals surface area contributed by atoms with Crippen molar-refractivity contribution in [3.63, 3.8) is 0 Å². The number of para-hydroxylation sites is 1. The molecule has 34 heavy (non-hydrogen) atoms. The first kappa shape index (κ1) is 24.5. The number of aryl methyl sites for hydroxylation is 1. The number of thiocarbonyl (C=S) groups is 1. The van der Waals surface area contributed by atoms with Crippen LogP contribution in [0.4, 0.5) is 5.69 Å². The van der Waals surface area contributed by atoms with Crippen molar-refractivity contribution >= 4 is 62.8 Å². The minimum Gasteiger partial charge on any atom is -0.370 e. The van der Waals surface area contributed by atoms with Gasteiger partial charge in [0.1, 0.15) is 4.32 Å². The highest BCUT2D eigenvalue weighted by Crippen LogP contribution is 2.37. The Morgan fingerprint density at radius 3 is 2.56 bits per heavy atom. The zero-order valence-corrected chi connectivity index (χ0v) is 21.4. The number of benzene rings is 1. The van der Waals surface area contributed by atoms with Crippen molar-refractivity contribution in [2.45, 2.75) is 33.1 Å². The zero-order valence-electron chi connectivity index (χ0n) is 19.7. The van der Waals surface area contributed by atoms with Crippen LogP contribution in [0.2, 0.25) is 0 Å². The number of nitrogens with two attached hydrogens (primary N) is 1. The average molecular weight is 499 g/mol. The lowest BCUT2D eigenvalue weighted by Crippen LogP contribution is -2.40. The van der Waals surface area contributed by atoms with Gasteiger partial charge < -0.3 is 15.2 Å². The normalized spacial score (nSPS) is 18.6. The molecule has 0 aliphatic carbocycles. The lowest BCUT2D eigenvalue weighted by Gasteiger charge is -2.34. The van der Waals surface area contributed by atoms with Gasteiger partial charge in [-0.05, 0) is 37.3 Å². The summed E-state index contributed by atoms with van der Waals surface area (Å²) in [5.74, 6) is -0.130. The summed E-state index contributed by atoms with van der Waals surface area (Å²) in [5, 5.41) is 0.934. The standard InChI is InChI=1S/C25H30N4O3S2/c1-15(2)8-13-29-24(32)20(34-25(29)33)14-18-21(28-11-9-16(10-12-28)22(26)30)17-6-4-5-7-19(17)27(3)23(18)31/h4-7,14-16H,8-13H2,1-3H3,(H2,26,30). The molecule has 0 radical (unpaired) electrons. The number of aromatic nitrogens is 1. The molecule has 2 aliphatic heterocycles. The Hall–Kier alpha value is -2.65. The molecule has 1 aromatic carbocycles. The third kappa shape index (κ3) is 4.63. The second-order valence-corrected chi connectivity index (χ2v) is 11.0. The highest BCUT2D eigenvalue weighted by molar-refractivity contribution is 8.26. The Morgan fingerprint density at radius 1 is 1.24 bits per heavy atom. The number of nitrogens with zero attached hydrogens (tertiary/aromatic N) is 3. The van der Waals surface area contributed by atoms with Crippen molar-refractivity contribution < 1.29 is 9.59 Å². The molecule has 0 unspecified atom stereocenters. The number of hydrogen-bond donors (Lipinski definition) is 1. The molecule has 0 atom stereocenters. The molecule has 2 aliphatic rings. The van der Waals surface area contributed by atoms with E-state index in [1.54, 1.807) is 22.6 Å². The van der Waals surface area contributed by atoms with Crippen LogP contribution in [0, 0.1) is 11.8 Å². The molecule has 2 saturated heterocycles. The number of piperidine rings is 1. The van der Waals surface area contributed by atoms with E-state index in [2.05, 4.69) is 18.7 Å². The molecule has 0 saturated carbocycles. The lowest BCUT2D eigenvalue weighted by atomic mass is 9.94. The zero-order chi connectivity index (χ0) is 24.6. The maximum atomic E-state index is 13.5. The fourth-order valence-corrected chi connectivity index (χ4v) is 5.86. The van der Waals surface area contributed by atoms with Gasteiger partial charge in [-0.3, -0.25) is 19.3 Å². The molecular formula is C25H30N4O3S2. The molecule has 2 N–H and O–H groups in total. The van der Waals surface area contributed by atoms with Crippen molar-refractivity contribution in [2.75, 3.05) is 24.5 Å². The van der Waals surface area contributed by atoms with E-state index in [0.717, 1.165) is 23.0 Å². The Bertz CT molecular complexity index is 1240. The Balaban J connectivity index is 1.80. The van der Waals surface area contributed by atoms with E-state index in [4.69, 9.17) is 18.0 Å². The Morgan fingerprint density at radius 2 is 1.91 bits per heavy atom. The number of rotatable bonds is 6. The third-order valence-electron chi connectivity index (χ3n) is 6.60. The smallest absolute Gasteiger partial charge is 0.266 e. The molecule has 3 heterocycles. The first-order valence-electron chi connectivity index (χ1n) is 11.6. The molecule has 0 spiro atoms. The fourth-order valence-electron chi connectivity index (χ4n) is 4.57. The summed E-state index contributed by atoms with van der Waals surface area (Å²) in [6, 6.07) is 7.77. The summed E-state index contributed by atoms with van der Waals surface area (Å²) >= 11 is 6.73. The van der Waals surface area contributed by atoms with E-state index in [1.165, 1.54) is 11.8 Å². The fraction of sp³-hybridized carbons (Fsp3) is 0.440. The molecule has 4 rings (SSSR count). The number of amides is 2. The molecule has 2 aromatic rings. The number of carbonyl (C=O) groups is 2. The minimum absolute atomic E-state index is 0.149. The summed E-state index contributed by atoms with van der Waals surface area (Å²) in [6.45, 7) is 6.02. The van der Waals surface area contributed by atoms with Gasteiger partial charge in [-0.1, -0.05) is 56.0 Å². The number of primary amides is 1. The van der Waals surface area contributed by atoms with Gasteiger partial charge in [0.05, 0.1) is 21.7 Å². The van der Waals surface area contributed by atoms with Crippen molar-refractivity contribution in [3.8, 4) is 0 Å². The molecule has 7 nitrogen and oxygen atoms in total. The van der Waals surface area contributed by atoms with Crippen LogP contribution >= 0.6 is 24.0 Å². The van der Waals surface area contributed by atoms with E-state index in [0.29, 0.717) is 53.2 Å². The molecule has 180 valence electrons. The number of hydrogen-bond acceptors (Lipinski definition) is 6. The van der Waals surface area contributed by atoms with Crippen molar-refractivity contribution in [1.82, 2.24) is 9.47 Å². The van der Waals surface area contributed by atoms with Crippen molar-refractivity contribution in [1.29, 1.82) is 0 Å². The topological polar surface area (TPSA) is 88.6 Å². The van der Waals surface area contributed by atoms with Crippen LogP contribution in [-0.2, 0) is 16.6 Å². The highest BCUT2D eigenvalue weighted by atomic mass is 32.2. The maximum Gasteiger partial charge on any atom is 0.266 e. The largest absolute Gasteiger partial charge is 0.370 e. The van der Waals surface area contributed by atoms with E-state index in [1.807, 2.05) is 24.3 Å². The summed E-state index contributed by atoms with van der Waals surface area (Å²) in [7, 11) is 1.75. The van der Waals surface area contributed by atoms with Crippen LogP contribution in [0.1, 0.15) is 38.7 Å². The van der Waals surface area contributed by atoms with Crippen LogP contribution in [0.15, 0.2) is 34.0 Å².